The van der Waals surface area contributed by atoms with Crippen molar-refractivity contribution in [2.24, 2.45) is 11.8 Å². The molecule has 0 spiro atoms. The summed E-state index contributed by atoms with van der Waals surface area (Å²) in [6.07, 6.45) is -12.5. The van der Waals surface area contributed by atoms with Gasteiger partial charge in [-0.05, 0) is 86.8 Å². The summed E-state index contributed by atoms with van der Waals surface area (Å²) < 4.78 is 137. The maximum atomic E-state index is 15.0. The molecule has 0 bridgehead atoms. The highest BCUT2D eigenvalue weighted by Gasteiger charge is 2.74. The molecule has 2 fully saturated rings. The zero-order chi connectivity index (χ0) is 31.8. The van der Waals surface area contributed by atoms with Crippen LogP contribution in [-0.2, 0) is 31.5 Å². The quantitative estimate of drug-likeness (QED) is 0.323. The molecular weight excluding hydrogens is 610 g/mol. The van der Waals surface area contributed by atoms with Crippen LogP contribution in [0.1, 0.15) is 55.7 Å². The van der Waals surface area contributed by atoms with Gasteiger partial charge in [0, 0.05) is 24.6 Å². The van der Waals surface area contributed by atoms with Gasteiger partial charge in [0.2, 0.25) is 5.91 Å². The van der Waals surface area contributed by atoms with E-state index in [1.54, 1.807) is 6.92 Å². The minimum absolute atomic E-state index is 0.0517. The Hall–Kier alpha value is -2.74. The molecule has 1 aliphatic heterocycles. The van der Waals surface area contributed by atoms with Crippen molar-refractivity contribution in [3.8, 4) is 0 Å². The van der Waals surface area contributed by atoms with Crippen LogP contribution in [0.25, 0.3) is 0 Å². The topological polar surface area (TPSA) is 74.7 Å². The second-order valence-corrected chi connectivity index (χ2v) is 14.2. The largest absolute Gasteiger partial charge is 0.435 e. The highest BCUT2D eigenvalue weighted by molar-refractivity contribution is 7.92. The lowest BCUT2D eigenvalue weighted by Gasteiger charge is -2.44. The molecule has 0 radical (unpaired) electrons. The van der Waals surface area contributed by atoms with Crippen molar-refractivity contribution in [1.29, 1.82) is 0 Å². The number of aryl methyl sites for hydroxylation is 1. The van der Waals surface area contributed by atoms with Crippen molar-refractivity contribution in [3.63, 3.8) is 0 Å². The monoisotopic (exact) mass is 639 g/mol. The summed E-state index contributed by atoms with van der Waals surface area (Å²) in [6, 6.07) is 5.39. The van der Waals surface area contributed by atoms with Crippen LogP contribution in [0.15, 0.2) is 47.4 Å². The minimum Gasteiger partial charge on any atom is -0.390 e. The van der Waals surface area contributed by atoms with Gasteiger partial charge in [-0.2, -0.15) is 26.3 Å². The summed E-state index contributed by atoms with van der Waals surface area (Å²) in [4.78, 5) is 14.9. The van der Waals surface area contributed by atoms with Gasteiger partial charge in [-0.3, -0.25) is 4.79 Å². The van der Waals surface area contributed by atoms with Crippen LogP contribution >= 0.6 is 0 Å². The van der Waals surface area contributed by atoms with Crippen LogP contribution in [0.2, 0.25) is 0 Å². The third-order valence-corrected chi connectivity index (χ3v) is 12.0. The molecule has 1 saturated heterocycles. The van der Waals surface area contributed by atoms with E-state index in [2.05, 4.69) is 0 Å². The Labute approximate surface area is 242 Å². The maximum absolute atomic E-state index is 15.0. The first kappa shape index (κ1) is 31.7. The Morgan fingerprint density at radius 1 is 0.907 bits per heavy atom. The lowest BCUT2D eigenvalue weighted by molar-refractivity contribution is -0.348. The Morgan fingerprint density at radius 3 is 2.05 bits per heavy atom. The summed E-state index contributed by atoms with van der Waals surface area (Å²) in [5.41, 5.74) is -8.68. The third-order valence-electron chi connectivity index (χ3n) is 9.45. The fraction of sp³-hybridized carbons (Fsp3) is 0.552. The van der Waals surface area contributed by atoms with E-state index >= 15 is 0 Å². The fourth-order valence-corrected chi connectivity index (χ4v) is 9.59. The van der Waals surface area contributed by atoms with Gasteiger partial charge in [0.05, 0.1) is 10.5 Å². The van der Waals surface area contributed by atoms with Crippen molar-refractivity contribution in [1.82, 2.24) is 4.90 Å². The maximum Gasteiger partial charge on any atom is 0.435 e. The molecule has 1 amide bonds. The molecule has 5 nitrogen and oxygen atoms in total. The number of hydrogen-bond acceptors (Lipinski definition) is 4. The van der Waals surface area contributed by atoms with E-state index in [-0.39, 0.29) is 60.7 Å². The molecule has 1 heterocycles. The first-order chi connectivity index (χ1) is 19.8. The third kappa shape index (κ3) is 4.83. The van der Waals surface area contributed by atoms with Crippen molar-refractivity contribution in [2.75, 3.05) is 13.1 Å². The average Bonchev–Trinajstić information content (AvgIpc) is 3.32. The van der Waals surface area contributed by atoms with Crippen LogP contribution < -0.4 is 0 Å². The number of alkyl halides is 7. The number of piperidine rings is 1. The Bertz CT molecular complexity index is 1500. The van der Waals surface area contributed by atoms with E-state index in [1.165, 1.54) is 4.90 Å². The molecule has 236 valence electrons. The van der Waals surface area contributed by atoms with E-state index < -0.39 is 61.4 Å². The summed E-state index contributed by atoms with van der Waals surface area (Å²) in [5, 5.41) is 10.3. The number of carbonyl (C=O) groups is 1. The van der Waals surface area contributed by atoms with Crippen molar-refractivity contribution in [3.05, 3.63) is 65.0 Å². The number of aliphatic hydroxyl groups is 1. The van der Waals surface area contributed by atoms with Crippen molar-refractivity contribution < 1.29 is 53.4 Å². The molecular formula is C29H29F8NO4S. The zero-order valence-electron chi connectivity index (χ0n) is 22.9. The number of likely N-dealkylation sites (tertiary alicyclic amines) is 1. The van der Waals surface area contributed by atoms with E-state index in [1.807, 2.05) is 0 Å². The number of benzene rings is 2. The van der Waals surface area contributed by atoms with Crippen LogP contribution in [0, 0.1) is 17.7 Å². The van der Waals surface area contributed by atoms with Crippen molar-refractivity contribution >= 4 is 15.7 Å². The first-order valence-corrected chi connectivity index (χ1v) is 15.2. The molecule has 43 heavy (non-hydrogen) atoms. The predicted octanol–water partition coefficient (Wildman–Crippen LogP) is 6.13. The number of amides is 1. The molecule has 1 saturated carbocycles. The van der Waals surface area contributed by atoms with E-state index in [9.17, 15) is 53.4 Å². The smallest absolute Gasteiger partial charge is 0.390 e. The highest BCUT2D eigenvalue weighted by atomic mass is 32.2. The van der Waals surface area contributed by atoms with Gasteiger partial charge in [-0.15, -0.1) is 0 Å². The second-order valence-electron chi connectivity index (χ2n) is 12.0. The molecule has 14 heteroatoms. The normalized spacial score (nSPS) is 26.1. The Morgan fingerprint density at radius 2 is 1.49 bits per heavy atom. The van der Waals surface area contributed by atoms with Gasteiger partial charge in [-0.1, -0.05) is 18.2 Å². The molecule has 0 aromatic heterocycles. The SMILES string of the molecule is CC1(O)CCN(C(=O)[C@@H]2CC[C@@]3(S(=O)(=O)c4ccc(F)cc4)c4ccc(C(F)(C(F)(F)F)C(F)(F)F)cc4CC[C@@H]23)CC1. The van der Waals surface area contributed by atoms with Crippen LogP contribution in [0.5, 0.6) is 0 Å². The summed E-state index contributed by atoms with van der Waals surface area (Å²) in [5.74, 6) is -2.86. The van der Waals surface area contributed by atoms with Crippen molar-refractivity contribution in [2.45, 2.75) is 78.7 Å². The molecule has 1 N–H and O–H groups in total. The van der Waals surface area contributed by atoms with E-state index in [0.717, 1.165) is 30.3 Å². The second kappa shape index (κ2) is 10.1. The fourth-order valence-electron chi connectivity index (χ4n) is 7.12. The van der Waals surface area contributed by atoms with Gasteiger partial charge >= 0.3 is 18.0 Å². The van der Waals surface area contributed by atoms with Crippen LogP contribution in [0.3, 0.4) is 0 Å². The zero-order valence-corrected chi connectivity index (χ0v) is 23.7. The average molecular weight is 640 g/mol. The minimum atomic E-state index is -6.35. The molecule has 3 aliphatic rings. The molecule has 2 aliphatic carbocycles. The number of sulfone groups is 1. The van der Waals surface area contributed by atoms with Gasteiger partial charge < -0.3 is 10.0 Å². The lowest BCUT2D eigenvalue weighted by Crippen LogP contribution is -2.51. The predicted molar refractivity (Wildman–Crippen MR) is 138 cm³/mol. The summed E-state index contributed by atoms with van der Waals surface area (Å²) in [7, 11) is -4.53. The summed E-state index contributed by atoms with van der Waals surface area (Å²) in [6.45, 7) is 2.08. The first-order valence-electron chi connectivity index (χ1n) is 13.7. The molecule has 2 aromatic carbocycles. The molecule has 0 unspecified atom stereocenters. The number of halogens is 8. The van der Waals surface area contributed by atoms with Gasteiger partial charge in [0.15, 0.2) is 9.84 Å². The molecule has 3 atom stereocenters. The van der Waals surface area contributed by atoms with E-state index in [0.29, 0.717) is 25.0 Å². The standard InChI is InChI=1S/C29H29F8NO4S/c1-25(40)12-14-38(15-13-25)24(39)21-10-11-26(43(41,42)20-6-4-19(30)5-7-20)22-9-3-18(16-17(22)2-8-23(21)26)27(31,28(32,33)34)29(35,36)37/h3-7,9,16,21,23,40H,2,8,10-15H2,1H3/t21-,23+,26-/m1/s1. The molecule has 2 aromatic rings. The summed E-state index contributed by atoms with van der Waals surface area (Å²) >= 11 is 0. The van der Waals surface area contributed by atoms with E-state index in [4.69, 9.17) is 0 Å². The number of carbonyl (C=O) groups excluding carboxylic acids is 1. The van der Waals surface area contributed by atoms with Crippen LogP contribution in [0.4, 0.5) is 35.1 Å². The Kier molecular flexibility index (Phi) is 7.47. The molecule has 5 rings (SSSR count). The van der Waals surface area contributed by atoms with Crippen LogP contribution in [-0.4, -0.2) is 55.4 Å². The highest BCUT2D eigenvalue weighted by Crippen LogP contribution is 2.61. The Balaban J connectivity index is 1.64. The lowest BCUT2D eigenvalue weighted by atomic mass is 9.72. The number of nitrogens with zero attached hydrogens (tertiary/aromatic N) is 1. The number of hydrogen-bond donors (Lipinski definition) is 1. The number of rotatable bonds is 4. The van der Waals surface area contributed by atoms with Gasteiger partial charge in [-0.25, -0.2) is 17.2 Å². The van der Waals surface area contributed by atoms with Gasteiger partial charge in [0.1, 0.15) is 10.6 Å². The van der Waals surface area contributed by atoms with Gasteiger partial charge in [0.25, 0.3) is 0 Å². The number of fused-ring (bicyclic) bond motifs is 3.